The smallest absolute Gasteiger partial charge is 0.258 e. The molecule has 3 aliphatic heterocycles. The standard InChI is InChI=1S/C21H24N4O2.C19H18N4O3/c1-21(2)14-24(11-10-22-21)16-6-9-19-23-18(12-20(26)25(19)13-16)15-4-7-17(27-3)8-5-15;24-19-10-15(13-1-3-16-17(9-13)26-12-25-16)21-18-4-2-14(11-23(18)19)22-7-5-20-6-8-22/h4-9,12-13,22H,10-11,14H2,1-3H3;1-4,9-11,20H,5-8,12H2. The molecule has 2 N–H and O–H groups in total. The van der Waals surface area contributed by atoms with Crippen LogP contribution in [0.3, 0.4) is 0 Å². The summed E-state index contributed by atoms with van der Waals surface area (Å²) in [4.78, 5) is 39.3. The van der Waals surface area contributed by atoms with E-state index in [0.29, 0.717) is 34.2 Å². The van der Waals surface area contributed by atoms with Crippen molar-refractivity contribution < 1.29 is 14.2 Å². The molecule has 2 fully saturated rings. The van der Waals surface area contributed by atoms with Crippen LogP contribution in [0.5, 0.6) is 17.2 Å². The number of ether oxygens (including phenoxy) is 3. The normalized spacial score (nSPS) is 16.4. The van der Waals surface area contributed by atoms with Crippen LogP contribution in [-0.4, -0.2) is 84.0 Å². The Balaban J connectivity index is 0.000000151. The Hall–Kier alpha value is -5.92. The Labute approximate surface area is 306 Å². The Morgan fingerprint density at radius 2 is 1.26 bits per heavy atom. The van der Waals surface area contributed by atoms with E-state index in [1.807, 2.05) is 79.1 Å². The van der Waals surface area contributed by atoms with Crippen LogP contribution >= 0.6 is 0 Å². The summed E-state index contributed by atoms with van der Waals surface area (Å²) in [5.74, 6) is 2.17. The minimum absolute atomic E-state index is 0.0502. The molecule has 6 aromatic rings. The first-order valence-corrected chi connectivity index (χ1v) is 17.8. The van der Waals surface area contributed by atoms with Gasteiger partial charge in [-0.25, -0.2) is 9.97 Å². The highest BCUT2D eigenvalue weighted by atomic mass is 16.7. The zero-order valence-corrected chi connectivity index (χ0v) is 30.0. The molecule has 0 radical (unpaired) electrons. The second-order valence-electron chi connectivity index (χ2n) is 14.0. The fourth-order valence-electron chi connectivity index (χ4n) is 6.96. The number of piperazine rings is 2. The highest BCUT2D eigenvalue weighted by Crippen LogP contribution is 2.35. The van der Waals surface area contributed by atoms with Crippen LogP contribution in [0.4, 0.5) is 11.4 Å². The van der Waals surface area contributed by atoms with Gasteiger partial charge >= 0.3 is 0 Å². The summed E-state index contributed by atoms with van der Waals surface area (Å²) in [6.07, 6.45) is 3.77. The van der Waals surface area contributed by atoms with Gasteiger partial charge in [0.05, 0.1) is 29.9 Å². The molecule has 0 saturated carbocycles. The molecule has 2 aromatic carbocycles. The minimum atomic E-state index is -0.0975. The SMILES string of the molecule is COc1ccc(-c2cc(=O)n3cc(N4CCNC(C)(C)C4)ccc3n2)cc1.O=c1cc(-c2ccc3c(c2)OCO3)nc2ccc(N3CCNCC3)cn12. The van der Waals surface area contributed by atoms with Crippen LogP contribution in [0.15, 0.2) is 101 Å². The molecule has 13 nitrogen and oxygen atoms in total. The highest BCUT2D eigenvalue weighted by Gasteiger charge is 2.26. The van der Waals surface area contributed by atoms with Crippen molar-refractivity contribution in [1.82, 2.24) is 29.4 Å². The van der Waals surface area contributed by atoms with E-state index in [1.165, 1.54) is 0 Å². The van der Waals surface area contributed by atoms with E-state index < -0.39 is 0 Å². The molecule has 0 unspecified atom stereocenters. The predicted octanol–water partition coefficient (Wildman–Crippen LogP) is 4.06. The van der Waals surface area contributed by atoms with Gasteiger partial charge in [0.25, 0.3) is 11.1 Å². The number of hydrogen-bond acceptors (Lipinski definition) is 11. The molecule has 0 aliphatic carbocycles. The van der Waals surface area contributed by atoms with Crippen molar-refractivity contribution in [1.29, 1.82) is 0 Å². The maximum Gasteiger partial charge on any atom is 0.258 e. The largest absolute Gasteiger partial charge is 0.497 e. The molecule has 272 valence electrons. The molecule has 0 bridgehead atoms. The zero-order valence-electron chi connectivity index (χ0n) is 30.0. The van der Waals surface area contributed by atoms with Crippen molar-refractivity contribution in [3.63, 3.8) is 0 Å². The average molecular weight is 715 g/mol. The summed E-state index contributed by atoms with van der Waals surface area (Å²) in [7, 11) is 1.63. The van der Waals surface area contributed by atoms with E-state index in [4.69, 9.17) is 14.2 Å². The van der Waals surface area contributed by atoms with Crippen molar-refractivity contribution in [2.75, 3.05) is 69.5 Å². The molecule has 9 rings (SSSR count). The van der Waals surface area contributed by atoms with E-state index in [0.717, 1.165) is 74.1 Å². The number of anilines is 2. The lowest BCUT2D eigenvalue weighted by Gasteiger charge is -2.40. The Bertz CT molecular complexity index is 2400. The summed E-state index contributed by atoms with van der Waals surface area (Å²) in [5, 5.41) is 6.84. The second kappa shape index (κ2) is 14.2. The number of fused-ring (bicyclic) bond motifs is 3. The van der Waals surface area contributed by atoms with Gasteiger partial charge in [0.2, 0.25) is 6.79 Å². The van der Waals surface area contributed by atoms with Gasteiger partial charge in [0, 0.05) is 87.0 Å². The van der Waals surface area contributed by atoms with Gasteiger partial charge in [0.15, 0.2) is 11.5 Å². The molecule has 7 heterocycles. The molecule has 3 aliphatic rings. The van der Waals surface area contributed by atoms with Crippen molar-refractivity contribution in [2.45, 2.75) is 19.4 Å². The molecule has 53 heavy (non-hydrogen) atoms. The van der Waals surface area contributed by atoms with Crippen molar-refractivity contribution in [3.05, 3.63) is 112 Å². The predicted molar refractivity (Wildman–Crippen MR) is 206 cm³/mol. The van der Waals surface area contributed by atoms with Crippen LogP contribution in [0.25, 0.3) is 33.8 Å². The minimum Gasteiger partial charge on any atom is -0.497 e. The first-order valence-electron chi connectivity index (χ1n) is 17.8. The third-order valence-corrected chi connectivity index (χ3v) is 9.76. The first-order chi connectivity index (χ1) is 25.7. The Morgan fingerprint density at radius 3 is 1.91 bits per heavy atom. The third-order valence-electron chi connectivity index (χ3n) is 9.76. The lowest BCUT2D eigenvalue weighted by Crippen LogP contribution is -2.57. The van der Waals surface area contributed by atoms with Gasteiger partial charge in [0.1, 0.15) is 17.0 Å². The highest BCUT2D eigenvalue weighted by molar-refractivity contribution is 5.67. The number of pyridine rings is 2. The fraction of sp³-hybridized carbons (Fsp3) is 0.300. The van der Waals surface area contributed by atoms with Crippen molar-refractivity contribution in [3.8, 4) is 39.8 Å². The summed E-state index contributed by atoms with van der Waals surface area (Å²) in [5.41, 5.74) is 6.24. The summed E-state index contributed by atoms with van der Waals surface area (Å²) in [6.45, 7) is 11.1. The van der Waals surface area contributed by atoms with Crippen molar-refractivity contribution >= 4 is 22.7 Å². The van der Waals surface area contributed by atoms with Crippen LogP contribution in [0, 0.1) is 0 Å². The average Bonchev–Trinajstić information content (AvgIpc) is 3.66. The van der Waals surface area contributed by atoms with Gasteiger partial charge in [-0.1, -0.05) is 0 Å². The number of benzene rings is 2. The van der Waals surface area contributed by atoms with Gasteiger partial charge in [-0.2, -0.15) is 0 Å². The molecular formula is C40H42N8O5. The number of hydrogen-bond donors (Lipinski definition) is 2. The number of aromatic nitrogens is 4. The van der Waals surface area contributed by atoms with Crippen LogP contribution in [-0.2, 0) is 0 Å². The van der Waals surface area contributed by atoms with Crippen LogP contribution in [0.1, 0.15) is 13.8 Å². The summed E-state index contributed by atoms with van der Waals surface area (Å²) in [6, 6.07) is 24.2. The molecule has 4 aromatic heterocycles. The molecule has 0 atom stereocenters. The molecule has 2 saturated heterocycles. The van der Waals surface area contributed by atoms with Gasteiger partial charge in [-0.15, -0.1) is 0 Å². The van der Waals surface area contributed by atoms with Crippen LogP contribution < -0.4 is 45.8 Å². The number of nitrogens with zero attached hydrogens (tertiary/aromatic N) is 6. The zero-order chi connectivity index (χ0) is 36.5. The molecule has 0 spiro atoms. The lowest BCUT2D eigenvalue weighted by molar-refractivity contribution is 0.174. The van der Waals surface area contributed by atoms with Gasteiger partial charge in [-0.3, -0.25) is 18.4 Å². The lowest BCUT2D eigenvalue weighted by atomic mass is 10.0. The maximum atomic E-state index is 12.7. The van der Waals surface area contributed by atoms with Gasteiger partial charge in [-0.05, 0) is 80.6 Å². The fourth-order valence-corrected chi connectivity index (χ4v) is 6.96. The quantitative estimate of drug-likeness (QED) is 0.269. The maximum absolute atomic E-state index is 12.7. The van der Waals surface area contributed by atoms with E-state index >= 15 is 0 Å². The summed E-state index contributed by atoms with van der Waals surface area (Å²) < 4.78 is 19.2. The molecular weight excluding hydrogens is 672 g/mol. The first kappa shape index (κ1) is 34.2. The van der Waals surface area contributed by atoms with E-state index in [9.17, 15) is 9.59 Å². The summed E-state index contributed by atoms with van der Waals surface area (Å²) >= 11 is 0. The van der Waals surface area contributed by atoms with Crippen LogP contribution in [0.2, 0.25) is 0 Å². The van der Waals surface area contributed by atoms with E-state index in [-0.39, 0.29) is 23.5 Å². The van der Waals surface area contributed by atoms with E-state index in [2.05, 4.69) is 44.2 Å². The second-order valence-corrected chi connectivity index (χ2v) is 14.0. The Morgan fingerprint density at radius 1 is 0.679 bits per heavy atom. The van der Waals surface area contributed by atoms with E-state index in [1.54, 1.807) is 28.0 Å². The Kier molecular flexibility index (Phi) is 9.19. The number of rotatable bonds is 5. The van der Waals surface area contributed by atoms with Crippen molar-refractivity contribution in [2.24, 2.45) is 0 Å². The molecule has 0 amide bonds. The monoisotopic (exact) mass is 714 g/mol. The number of nitrogens with one attached hydrogen (secondary N) is 2. The number of methoxy groups -OCH3 is 1. The van der Waals surface area contributed by atoms with Gasteiger partial charge < -0.3 is 34.6 Å². The molecule has 13 heteroatoms. The third kappa shape index (κ3) is 7.26. The topological polar surface area (TPSA) is 127 Å².